The van der Waals surface area contributed by atoms with E-state index in [-0.39, 0.29) is 18.4 Å². The quantitative estimate of drug-likeness (QED) is 0.919. The number of nitrogens with one attached hydrogen (secondary N) is 1. The molecular weight excluding hydrogens is 306 g/mol. The minimum absolute atomic E-state index is 0.208. The summed E-state index contributed by atoms with van der Waals surface area (Å²) < 4.78 is 6.16. The van der Waals surface area contributed by atoms with Gasteiger partial charge in [-0.1, -0.05) is 12.1 Å². The molecule has 0 saturated carbocycles. The van der Waals surface area contributed by atoms with Crippen LogP contribution in [0, 0.1) is 13.8 Å². The highest BCUT2D eigenvalue weighted by molar-refractivity contribution is 6.14. The van der Waals surface area contributed by atoms with E-state index in [2.05, 4.69) is 35.1 Å². The number of hydrogen-bond acceptors (Lipinski definition) is 4. The molecule has 0 unspecified atom stereocenters. The Morgan fingerprint density at radius 1 is 1.25 bits per heavy atom. The molecule has 3 rings (SSSR count). The summed E-state index contributed by atoms with van der Waals surface area (Å²) in [5, 5.41) is 2.19. The summed E-state index contributed by atoms with van der Waals surface area (Å²) in [4.78, 5) is 28.8. The third-order valence-electron chi connectivity index (χ3n) is 4.66. The minimum atomic E-state index is -0.547. The predicted molar refractivity (Wildman–Crippen MR) is 91.6 cm³/mol. The molecule has 6 heteroatoms. The molecular formula is C18H23N3O3. The number of likely N-dealkylation sites (tertiary alicyclic amines) is 1. The van der Waals surface area contributed by atoms with Gasteiger partial charge in [-0.05, 0) is 43.9 Å². The molecule has 2 aliphatic heterocycles. The molecule has 1 aromatic carbocycles. The molecule has 1 aromatic rings. The molecule has 2 aliphatic rings. The third-order valence-corrected chi connectivity index (χ3v) is 4.66. The number of aryl methyl sites for hydroxylation is 1. The van der Waals surface area contributed by atoms with Crippen LogP contribution < -0.4 is 10.1 Å². The van der Waals surface area contributed by atoms with Gasteiger partial charge in [-0.25, -0.2) is 9.79 Å². The average molecular weight is 329 g/mol. The monoisotopic (exact) mass is 329 g/mol. The Morgan fingerprint density at radius 2 is 2.00 bits per heavy atom. The van der Waals surface area contributed by atoms with Crippen molar-refractivity contribution in [1.29, 1.82) is 0 Å². The van der Waals surface area contributed by atoms with Crippen molar-refractivity contribution in [3.8, 4) is 5.75 Å². The largest absolute Gasteiger partial charge is 0.490 e. The van der Waals surface area contributed by atoms with E-state index in [1.165, 1.54) is 11.1 Å². The van der Waals surface area contributed by atoms with Gasteiger partial charge < -0.3 is 4.74 Å². The van der Waals surface area contributed by atoms with Gasteiger partial charge in [-0.15, -0.1) is 0 Å². The fourth-order valence-electron chi connectivity index (χ4n) is 3.13. The van der Waals surface area contributed by atoms with Crippen molar-refractivity contribution in [2.45, 2.75) is 39.2 Å². The number of ether oxygens (including phenoxy) is 1. The topological polar surface area (TPSA) is 71.0 Å². The molecule has 24 heavy (non-hydrogen) atoms. The first-order valence-electron chi connectivity index (χ1n) is 8.37. The highest BCUT2D eigenvalue weighted by Gasteiger charge is 2.24. The van der Waals surface area contributed by atoms with Gasteiger partial charge in [0.2, 0.25) is 5.91 Å². The lowest BCUT2D eigenvalue weighted by Gasteiger charge is -2.33. The predicted octanol–water partition coefficient (Wildman–Crippen LogP) is 2.23. The second-order valence-corrected chi connectivity index (χ2v) is 6.50. The number of rotatable bonds is 4. The van der Waals surface area contributed by atoms with Gasteiger partial charge in [0.25, 0.3) is 0 Å². The number of hydrogen-bond donors (Lipinski definition) is 1. The number of aliphatic imine (C=N–C) groups is 1. The fraction of sp³-hybridized carbons (Fsp3) is 0.500. The summed E-state index contributed by atoms with van der Waals surface area (Å²) in [7, 11) is 0. The molecule has 3 amide bonds. The van der Waals surface area contributed by atoms with Gasteiger partial charge in [0.15, 0.2) is 0 Å². The van der Waals surface area contributed by atoms with E-state index < -0.39 is 6.03 Å². The minimum Gasteiger partial charge on any atom is -0.490 e. The summed E-state index contributed by atoms with van der Waals surface area (Å²) in [6.07, 6.45) is 2.28. The van der Waals surface area contributed by atoms with Crippen LogP contribution in [0.15, 0.2) is 23.2 Å². The van der Waals surface area contributed by atoms with Crippen LogP contribution in [0.5, 0.6) is 5.75 Å². The van der Waals surface area contributed by atoms with E-state index >= 15 is 0 Å². The molecule has 0 aromatic heterocycles. The van der Waals surface area contributed by atoms with Crippen LogP contribution in [0.3, 0.4) is 0 Å². The van der Waals surface area contributed by atoms with Crippen molar-refractivity contribution >= 4 is 17.6 Å². The van der Waals surface area contributed by atoms with Crippen molar-refractivity contribution in [3.05, 3.63) is 29.3 Å². The first kappa shape index (κ1) is 16.6. The maximum atomic E-state index is 11.4. The number of amides is 3. The van der Waals surface area contributed by atoms with Gasteiger partial charge in [-0.2, -0.15) is 0 Å². The Kier molecular flexibility index (Phi) is 4.94. The molecule has 0 aliphatic carbocycles. The number of nitrogens with zero attached hydrogens (tertiary/aromatic N) is 2. The van der Waals surface area contributed by atoms with Crippen LogP contribution in [-0.4, -0.2) is 48.3 Å². The van der Waals surface area contributed by atoms with E-state index in [0.29, 0.717) is 12.3 Å². The van der Waals surface area contributed by atoms with Gasteiger partial charge in [0.05, 0.1) is 6.42 Å². The number of urea groups is 1. The zero-order valence-electron chi connectivity index (χ0n) is 14.2. The third kappa shape index (κ3) is 4.00. The van der Waals surface area contributed by atoms with Crippen molar-refractivity contribution in [3.63, 3.8) is 0 Å². The molecule has 128 valence electrons. The molecule has 0 spiro atoms. The first-order chi connectivity index (χ1) is 11.5. The van der Waals surface area contributed by atoms with E-state index in [1.807, 2.05) is 12.1 Å². The normalized spacial score (nSPS) is 19.8. The number of imide groups is 1. The number of carbonyl (C=O) groups is 2. The van der Waals surface area contributed by atoms with E-state index in [1.54, 1.807) is 0 Å². The first-order valence-corrected chi connectivity index (χ1v) is 8.37. The Morgan fingerprint density at radius 3 is 2.71 bits per heavy atom. The van der Waals surface area contributed by atoms with Gasteiger partial charge in [-0.3, -0.25) is 15.0 Å². The van der Waals surface area contributed by atoms with Crippen LogP contribution >= 0.6 is 0 Å². The van der Waals surface area contributed by atoms with Gasteiger partial charge in [0, 0.05) is 25.3 Å². The number of carbonyl (C=O) groups excluding carboxylic acids is 2. The SMILES string of the molecule is Cc1cccc(OC2CCN(CC3=NC(=O)NC(=O)C3)CC2)c1C. The molecule has 0 bridgehead atoms. The Balaban J connectivity index is 1.52. The maximum absolute atomic E-state index is 11.4. The zero-order valence-corrected chi connectivity index (χ0v) is 14.2. The Bertz CT molecular complexity index is 676. The van der Waals surface area contributed by atoms with Crippen LogP contribution in [0.1, 0.15) is 30.4 Å². The van der Waals surface area contributed by atoms with Crippen LogP contribution in [0.2, 0.25) is 0 Å². The maximum Gasteiger partial charge on any atom is 0.347 e. The second kappa shape index (κ2) is 7.13. The van der Waals surface area contributed by atoms with Gasteiger partial charge in [0.1, 0.15) is 11.9 Å². The lowest BCUT2D eigenvalue weighted by atomic mass is 10.1. The highest BCUT2D eigenvalue weighted by atomic mass is 16.5. The highest BCUT2D eigenvalue weighted by Crippen LogP contribution is 2.24. The lowest BCUT2D eigenvalue weighted by molar-refractivity contribution is -0.119. The molecule has 1 N–H and O–H groups in total. The van der Waals surface area contributed by atoms with Crippen molar-refractivity contribution < 1.29 is 14.3 Å². The molecule has 0 radical (unpaired) electrons. The molecule has 1 fully saturated rings. The Hall–Kier alpha value is -2.21. The standard InChI is InChI=1S/C18H23N3O3/c1-12-4-3-5-16(13(12)2)24-15-6-8-21(9-7-15)11-14-10-17(22)20-18(23)19-14/h3-5,15H,6-11H2,1-2H3,(H,20,22,23). The van der Waals surface area contributed by atoms with E-state index in [0.717, 1.165) is 31.7 Å². The van der Waals surface area contributed by atoms with Gasteiger partial charge >= 0.3 is 6.03 Å². The smallest absolute Gasteiger partial charge is 0.347 e. The summed E-state index contributed by atoms with van der Waals surface area (Å²) in [5.74, 6) is 0.700. The van der Waals surface area contributed by atoms with E-state index in [9.17, 15) is 9.59 Å². The van der Waals surface area contributed by atoms with Crippen LogP contribution in [0.4, 0.5) is 4.79 Å². The summed E-state index contributed by atoms with van der Waals surface area (Å²) >= 11 is 0. The van der Waals surface area contributed by atoms with Crippen molar-refractivity contribution in [1.82, 2.24) is 10.2 Å². The lowest BCUT2D eigenvalue weighted by Crippen LogP contribution is -2.44. The van der Waals surface area contributed by atoms with Crippen LogP contribution in [0.25, 0.3) is 0 Å². The van der Waals surface area contributed by atoms with E-state index in [4.69, 9.17) is 4.74 Å². The number of piperidine rings is 1. The van der Waals surface area contributed by atoms with Crippen molar-refractivity contribution in [2.75, 3.05) is 19.6 Å². The molecule has 0 atom stereocenters. The summed E-state index contributed by atoms with van der Waals surface area (Å²) in [6, 6.07) is 5.59. The average Bonchev–Trinajstić information content (AvgIpc) is 2.53. The molecule has 6 nitrogen and oxygen atoms in total. The zero-order chi connectivity index (χ0) is 17.1. The Labute approximate surface area is 141 Å². The molecule has 2 heterocycles. The summed E-state index contributed by atoms with van der Waals surface area (Å²) in [5.41, 5.74) is 3.09. The summed E-state index contributed by atoms with van der Waals surface area (Å²) in [6.45, 7) is 6.51. The fourth-order valence-corrected chi connectivity index (χ4v) is 3.13. The molecule has 1 saturated heterocycles. The number of benzene rings is 1. The van der Waals surface area contributed by atoms with Crippen LogP contribution in [-0.2, 0) is 4.79 Å². The second-order valence-electron chi connectivity index (χ2n) is 6.50. The van der Waals surface area contributed by atoms with Crippen molar-refractivity contribution in [2.24, 2.45) is 4.99 Å².